The normalized spacial score (nSPS) is 16.0. The van der Waals surface area contributed by atoms with Crippen molar-refractivity contribution in [2.75, 3.05) is 24.3 Å². The summed E-state index contributed by atoms with van der Waals surface area (Å²) in [6.07, 6.45) is -3.76. The van der Waals surface area contributed by atoms with Crippen LogP contribution in [0.2, 0.25) is 0 Å². The molecule has 0 unspecified atom stereocenters. The third kappa shape index (κ3) is 5.92. The van der Waals surface area contributed by atoms with E-state index in [-0.39, 0.29) is 11.7 Å². The highest BCUT2D eigenvalue weighted by Crippen LogP contribution is 2.32. The number of nitrogens with zero attached hydrogens (tertiary/aromatic N) is 1. The number of urea groups is 2. The molecule has 2 aromatic rings. The number of benzene rings is 2. The van der Waals surface area contributed by atoms with Crippen LogP contribution in [0.1, 0.15) is 37.4 Å². The number of carbonyl (C=O) groups is 3. The topological polar surface area (TPSA) is 99.8 Å². The number of methoxy groups -OCH3 is 1. The van der Waals surface area contributed by atoms with Gasteiger partial charge in [-0.3, -0.25) is 4.90 Å². The van der Waals surface area contributed by atoms with E-state index in [1.807, 2.05) is 6.92 Å². The lowest BCUT2D eigenvalue weighted by atomic mass is 9.94. The highest BCUT2D eigenvalue weighted by atomic mass is 19.4. The smallest absolute Gasteiger partial charge is 0.416 e. The Bertz CT molecular complexity index is 1130. The molecule has 8 nitrogen and oxygen atoms in total. The summed E-state index contributed by atoms with van der Waals surface area (Å²) >= 11 is 0. The van der Waals surface area contributed by atoms with Gasteiger partial charge in [-0.05, 0) is 55.3 Å². The number of hydrogen-bond donors (Lipinski definition) is 3. The maximum atomic E-state index is 12.7. The molecule has 0 radical (unpaired) electrons. The number of anilines is 2. The lowest BCUT2D eigenvalue weighted by molar-refractivity contribution is -0.138. The summed E-state index contributed by atoms with van der Waals surface area (Å²) in [4.78, 5) is 38.8. The Labute approximate surface area is 200 Å². The fourth-order valence-corrected chi connectivity index (χ4v) is 3.69. The molecule has 4 amide bonds. The van der Waals surface area contributed by atoms with Crippen LogP contribution in [0, 0.1) is 0 Å². The van der Waals surface area contributed by atoms with E-state index in [9.17, 15) is 27.6 Å². The zero-order valence-corrected chi connectivity index (χ0v) is 19.3. The number of alkyl halides is 3. The van der Waals surface area contributed by atoms with Crippen molar-refractivity contribution in [3.63, 3.8) is 0 Å². The molecule has 3 N–H and O–H groups in total. The quantitative estimate of drug-likeness (QED) is 0.480. The van der Waals surface area contributed by atoms with Gasteiger partial charge in [0.2, 0.25) is 0 Å². The summed E-state index contributed by atoms with van der Waals surface area (Å²) in [6, 6.07) is 8.78. The van der Waals surface area contributed by atoms with E-state index in [0.717, 1.165) is 24.3 Å². The van der Waals surface area contributed by atoms with Crippen molar-refractivity contribution in [2.45, 2.75) is 32.5 Å². The summed E-state index contributed by atoms with van der Waals surface area (Å²) < 4.78 is 42.9. The first kappa shape index (κ1) is 25.6. The summed E-state index contributed by atoms with van der Waals surface area (Å²) in [5, 5.41) is 7.86. The molecule has 186 valence electrons. The second-order valence-electron chi connectivity index (χ2n) is 7.80. The highest BCUT2D eigenvalue weighted by Gasteiger charge is 2.36. The standard InChI is InChI=1S/C24H25F3N4O4/c1-4-13-31-14(2)19(21(32)35-3)20(30-23(31)34)15-5-9-17(10-6-15)28-22(33)29-18-11-7-16(8-12-18)24(25,26)27/h5-12,20H,4,13H2,1-3H3,(H,30,34)(H2,28,29,33)/t20-/m0/s1. The molecular formula is C24H25F3N4O4. The average molecular weight is 490 g/mol. The highest BCUT2D eigenvalue weighted by molar-refractivity contribution is 6.00. The zero-order chi connectivity index (χ0) is 25.8. The summed E-state index contributed by atoms with van der Waals surface area (Å²) in [6.45, 7) is 4.06. The minimum absolute atomic E-state index is 0.192. The van der Waals surface area contributed by atoms with Gasteiger partial charge in [0.1, 0.15) is 0 Å². The Hall–Kier alpha value is -4.02. The first-order valence-corrected chi connectivity index (χ1v) is 10.8. The molecule has 0 bridgehead atoms. The van der Waals surface area contributed by atoms with Gasteiger partial charge in [0.25, 0.3) is 0 Å². The van der Waals surface area contributed by atoms with Gasteiger partial charge < -0.3 is 20.7 Å². The van der Waals surface area contributed by atoms with Crippen LogP contribution in [0.5, 0.6) is 0 Å². The van der Waals surface area contributed by atoms with E-state index in [1.54, 1.807) is 31.2 Å². The summed E-state index contributed by atoms with van der Waals surface area (Å²) in [5.74, 6) is -0.563. The van der Waals surface area contributed by atoms with Crippen LogP contribution >= 0.6 is 0 Å². The molecule has 1 aliphatic heterocycles. The minimum atomic E-state index is -4.46. The number of amides is 4. The molecule has 0 spiro atoms. The van der Waals surface area contributed by atoms with Crippen LogP contribution in [-0.2, 0) is 15.7 Å². The predicted molar refractivity (Wildman–Crippen MR) is 124 cm³/mol. The number of ether oxygens (including phenoxy) is 1. The second-order valence-corrected chi connectivity index (χ2v) is 7.80. The first-order chi connectivity index (χ1) is 16.5. The van der Waals surface area contributed by atoms with Gasteiger partial charge in [-0.2, -0.15) is 13.2 Å². The van der Waals surface area contributed by atoms with Crippen LogP contribution in [0.25, 0.3) is 0 Å². The molecular weight excluding hydrogens is 465 g/mol. The number of allylic oxidation sites excluding steroid dienone is 1. The van der Waals surface area contributed by atoms with Crippen molar-refractivity contribution in [2.24, 2.45) is 0 Å². The largest absolute Gasteiger partial charge is 0.466 e. The van der Waals surface area contributed by atoms with E-state index in [1.165, 1.54) is 12.0 Å². The van der Waals surface area contributed by atoms with Crippen LogP contribution in [0.3, 0.4) is 0 Å². The van der Waals surface area contributed by atoms with Crippen molar-refractivity contribution in [3.05, 3.63) is 70.9 Å². The van der Waals surface area contributed by atoms with Crippen LogP contribution < -0.4 is 16.0 Å². The monoisotopic (exact) mass is 490 g/mol. The maximum absolute atomic E-state index is 12.7. The van der Waals surface area contributed by atoms with E-state index in [0.29, 0.717) is 35.5 Å². The number of halogens is 3. The van der Waals surface area contributed by atoms with Crippen LogP contribution in [0.4, 0.5) is 34.1 Å². The molecule has 1 aliphatic rings. The Morgan fingerprint density at radius 2 is 1.57 bits per heavy atom. The third-order valence-corrected chi connectivity index (χ3v) is 5.42. The van der Waals surface area contributed by atoms with Crippen molar-refractivity contribution >= 4 is 29.4 Å². The van der Waals surface area contributed by atoms with E-state index in [4.69, 9.17) is 4.74 Å². The Morgan fingerprint density at radius 3 is 2.06 bits per heavy atom. The average Bonchev–Trinajstić information content (AvgIpc) is 2.81. The SMILES string of the molecule is CCCN1C(=O)N[C@@H](c2ccc(NC(=O)Nc3ccc(C(F)(F)F)cc3)cc2)C(C(=O)OC)=C1C. The van der Waals surface area contributed by atoms with Crippen molar-refractivity contribution in [3.8, 4) is 0 Å². The molecule has 1 atom stereocenters. The molecule has 11 heteroatoms. The van der Waals surface area contributed by atoms with E-state index in [2.05, 4.69) is 16.0 Å². The van der Waals surface area contributed by atoms with Crippen LogP contribution in [-0.4, -0.2) is 36.6 Å². The molecule has 0 aromatic heterocycles. The molecule has 0 aliphatic carbocycles. The van der Waals surface area contributed by atoms with Crippen LogP contribution in [0.15, 0.2) is 59.8 Å². The number of carbonyl (C=O) groups excluding carboxylic acids is 3. The van der Waals surface area contributed by atoms with Gasteiger partial charge in [0, 0.05) is 23.6 Å². The summed E-state index contributed by atoms with van der Waals surface area (Å²) in [5.41, 5.74) is 1.18. The summed E-state index contributed by atoms with van der Waals surface area (Å²) in [7, 11) is 1.27. The van der Waals surface area contributed by atoms with Gasteiger partial charge >= 0.3 is 24.2 Å². The Kier molecular flexibility index (Phi) is 7.68. The van der Waals surface area contributed by atoms with Gasteiger partial charge in [0.15, 0.2) is 0 Å². The fourth-order valence-electron chi connectivity index (χ4n) is 3.69. The second kappa shape index (κ2) is 10.5. The van der Waals surface area contributed by atoms with Gasteiger partial charge in [-0.25, -0.2) is 14.4 Å². The lowest BCUT2D eigenvalue weighted by Gasteiger charge is -2.35. The molecule has 0 fully saturated rings. The number of esters is 1. The first-order valence-electron chi connectivity index (χ1n) is 10.8. The molecule has 1 heterocycles. The van der Waals surface area contributed by atoms with Gasteiger partial charge in [-0.15, -0.1) is 0 Å². The van der Waals surface area contributed by atoms with Gasteiger partial charge in [-0.1, -0.05) is 19.1 Å². The molecule has 2 aromatic carbocycles. The molecule has 0 saturated carbocycles. The molecule has 3 rings (SSSR count). The Morgan fingerprint density at radius 1 is 1.03 bits per heavy atom. The van der Waals surface area contributed by atoms with E-state index >= 15 is 0 Å². The van der Waals surface area contributed by atoms with Crippen molar-refractivity contribution in [1.82, 2.24) is 10.2 Å². The molecule has 0 saturated heterocycles. The fraction of sp³-hybridized carbons (Fsp3) is 0.292. The zero-order valence-electron chi connectivity index (χ0n) is 19.3. The third-order valence-electron chi connectivity index (χ3n) is 5.42. The minimum Gasteiger partial charge on any atom is -0.466 e. The number of nitrogens with one attached hydrogen (secondary N) is 3. The van der Waals surface area contributed by atoms with Crippen molar-refractivity contribution < 1.29 is 32.3 Å². The predicted octanol–water partition coefficient (Wildman–Crippen LogP) is 5.27. The Balaban J connectivity index is 1.73. The van der Waals surface area contributed by atoms with Crippen molar-refractivity contribution in [1.29, 1.82) is 0 Å². The number of hydrogen-bond acceptors (Lipinski definition) is 4. The lowest BCUT2D eigenvalue weighted by Crippen LogP contribution is -2.48. The number of rotatable bonds is 6. The molecule has 35 heavy (non-hydrogen) atoms. The van der Waals surface area contributed by atoms with Gasteiger partial charge in [0.05, 0.1) is 24.3 Å². The maximum Gasteiger partial charge on any atom is 0.416 e. The van der Waals surface area contributed by atoms with E-state index < -0.39 is 29.8 Å².